The van der Waals surface area contributed by atoms with Crippen molar-refractivity contribution in [2.45, 2.75) is 19.4 Å². The lowest BCUT2D eigenvalue weighted by molar-refractivity contribution is 0.741. The number of nitrogens with two attached hydrogens (primary N) is 1. The SMILES string of the molecule is CCC(Nc1ccc(C(N)=S)nc1)c1nccs1. The van der Waals surface area contributed by atoms with E-state index in [0.29, 0.717) is 10.7 Å². The van der Waals surface area contributed by atoms with E-state index in [4.69, 9.17) is 18.0 Å². The molecule has 2 aromatic rings. The molecule has 0 aliphatic carbocycles. The van der Waals surface area contributed by atoms with Gasteiger partial charge in [0.15, 0.2) is 0 Å². The van der Waals surface area contributed by atoms with E-state index in [1.807, 2.05) is 23.7 Å². The molecule has 1 unspecified atom stereocenters. The third-order valence-corrected chi connectivity index (χ3v) is 3.61. The van der Waals surface area contributed by atoms with Crippen molar-refractivity contribution in [3.8, 4) is 0 Å². The van der Waals surface area contributed by atoms with Gasteiger partial charge in [0.1, 0.15) is 10.00 Å². The fourth-order valence-corrected chi connectivity index (χ4v) is 2.46. The van der Waals surface area contributed by atoms with Crippen LogP contribution in [0.15, 0.2) is 29.9 Å². The van der Waals surface area contributed by atoms with Crippen molar-refractivity contribution in [1.82, 2.24) is 9.97 Å². The smallest absolute Gasteiger partial charge is 0.122 e. The van der Waals surface area contributed by atoms with Gasteiger partial charge in [0, 0.05) is 11.6 Å². The zero-order valence-electron chi connectivity index (χ0n) is 9.96. The van der Waals surface area contributed by atoms with Crippen molar-refractivity contribution in [3.05, 3.63) is 40.6 Å². The second-order valence-electron chi connectivity index (χ2n) is 3.77. The Hall–Kier alpha value is -1.53. The Morgan fingerprint density at radius 2 is 2.33 bits per heavy atom. The Kier molecular flexibility index (Phi) is 4.22. The Labute approximate surface area is 115 Å². The molecule has 1 atom stereocenters. The first kappa shape index (κ1) is 12.9. The maximum atomic E-state index is 5.51. The summed E-state index contributed by atoms with van der Waals surface area (Å²) >= 11 is 6.52. The Balaban J connectivity index is 2.10. The molecule has 3 N–H and O–H groups in total. The summed E-state index contributed by atoms with van der Waals surface area (Å²) in [6.45, 7) is 2.12. The Morgan fingerprint density at radius 1 is 1.50 bits per heavy atom. The fourth-order valence-electron chi connectivity index (χ4n) is 1.57. The highest BCUT2D eigenvalue weighted by molar-refractivity contribution is 7.80. The molecule has 0 saturated carbocycles. The molecule has 0 radical (unpaired) electrons. The summed E-state index contributed by atoms with van der Waals surface area (Å²) in [6, 6.07) is 3.96. The predicted molar refractivity (Wildman–Crippen MR) is 78.9 cm³/mol. The Morgan fingerprint density at radius 3 is 2.83 bits per heavy atom. The maximum Gasteiger partial charge on any atom is 0.122 e. The zero-order valence-corrected chi connectivity index (χ0v) is 11.6. The molecule has 18 heavy (non-hydrogen) atoms. The molecule has 4 nitrogen and oxygen atoms in total. The number of rotatable bonds is 5. The molecule has 0 aliphatic rings. The van der Waals surface area contributed by atoms with E-state index in [1.165, 1.54) is 0 Å². The molecule has 2 heterocycles. The minimum atomic E-state index is 0.211. The van der Waals surface area contributed by atoms with Gasteiger partial charge in [0.05, 0.1) is 23.6 Å². The van der Waals surface area contributed by atoms with Crippen molar-refractivity contribution < 1.29 is 0 Å². The first-order chi connectivity index (χ1) is 8.70. The molecule has 0 amide bonds. The number of aromatic nitrogens is 2. The molecule has 0 bridgehead atoms. The van der Waals surface area contributed by atoms with E-state index in [-0.39, 0.29) is 6.04 Å². The molecule has 0 fully saturated rings. The zero-order chi connectivity index (χ0) is 13.0. The van der Waals surface area contributed by atoms with Crippen molar-refractivity contribution in [1.29, 1.82) is 0 Å². The van der Waals surface area contributed by atoms with E-state index in [2.05, 4.69) is 22.2 Å². The van der Waals surface area contributed by atoms with Gasteiger partial charge in [-0.25, -0.2) is 4.98 Å². The van der Waals surface area contributed by atoms with Gasteiger partial charge in [-0.2, -0.15) is 0 Å². The van der Waals surface area contributed by atoms with Gasteiger partial charge in [0.25, 0.3) is 0 Å². The number of anilines is 1. The van der Waals surface area contributed by atoms with Gasteiger partial charge >= 0.3 is 0 Å². The first-order valence-corrected chi connectivity index (χ1v) is 6.91. The average molecular weight is 278 g/mol. The second-order valence-corrected chi connectivity index (χ2v) is 5.14. The van der Waals surface area contributed by atoms with Gasteiger partial charge in [-0.3, -0.25) is 4.98 Å². The van der Waals surface area contributed by atoms with E-state index >= 15 is 0 Å². The van der Waals surface area contributed by atoms with Crippen LogP contribution < -0.4 is 11.1 Å². The number of nitrogens with one attached hydrogen (secondary N) is 1. The number of nitrogens with zero attached hydrogens (tertiary/aromatic N) is 2. The van der Waals surface area contributed by atoms with E-state index in [1.54, 1.807) is 17.5 Å². The fraction of sp³-hybridized carbons (Fsp3) is 0.250. The highest BCUT2D eigenvalue weighted by Gasteiger charge is 2.11. The largest absolute Gasteiger partial charge is 0.388 e. The lowest BCUT2D eigenvalue weighted by atomic mass is 10.2. The molecule has 0 spiro atoms. The number of hydrogen-bond donors (Lipinski definition) is 2. The van der Waals surface area contributed by atoms with Gasteiger partial charge in [-0.1, -0.05) is 19.1 Å². The topological polar surface area (TPSA) is 63.8 Å². The van der Waals surface area contributed by atoms with Crippen LogP contribution >= 0.6 is 23.6 Å². The van der Waals surface area contributed by atoms with Crippen LogP contribution in [0.4, 0.5) is 5.69 Å². The molecular weight excluding hydrogens is 264 g/mol. The van der Waals surface area contributed by atoms with Crippen molar-refractivity contribution in [3.63, 3.8) is 0 Å². The highest BCUT2D eigenvalue weighted by atomic mass is 32.1. The third-order valence-electron chi connectivity index (χ3n) is 2.51. The lowest BCUT2D eigenvalue weighted by Gasteiger charge is -2.15. The van der Waals surface area contributed by atoms with E-state index < -0.39 is 0 Å². The monoisotopic (exact) mass is 278 g/mol. The number of pyridine rings is 1. The first-order valence-electron chi connectivity index (χ1n) is 5.62. The van der Waals surface area contributed by atoms with E-state index in [9.17, 15) is 0 Å². The minimum absolute atomic E-state index is 0.211. The molecular formula is C12H14N4S2. The summed E-state index contributed by atoms with van der Waals surface area (Å²) in [7, 11) is 0. The quantitative estimate of drug-likeness (QED) is 0.823. The molecule has 0 aliphatic heterocycles. The summed E-state index contributed by atoms with van der Waals surface area (Å²) in [5.74, 6) is 0. The van der Waals surface area contributed by atoms with Gasteiger partial charge in [-0.15, -0.1) is 11.3 Å². The van der Waals surface area contributed by atoms with Crippen LogP contribution in [-0.4, -0.2) is 15.0 Å². The van der Waals surface area contributed by atoms with Crippen LogP contribution in [0.3, 0.4) is 0 Å². The van der Waals surface area contributed by atoms with Crippen LogP contribution in [0.25, 0.3) is 0 Å². The third kappa shape index (κ3) is 3.02. The molecule has 94 valence electrons. The number of hydrogen-bond acceptors (Lipinski definition) is 5. The lowest BCUT2D eigenvalue weighted by Crippen LogP contribution is -2.13. The van der Waals surface area contributed by atoms with E-state index in [0.717, 1.165) is 17.1 Å². The van der Waals surface area contributed by atoms with Crippen molar-refractivity contribution in [2.75, 3.05) is 5.32 Å². The molecule has 0 aromatic carbocycles. The van der Waals surface area contributed by atoms with Gasteiger partial charge in [-0.05, 0) is 18.6 Å². The summed E-state index contributed by atoms with van der Waals surface area (Å²) in [6.07, 6.45) is 4.52. The van der Waals surface area contributed by atoms with Crippen LogP contribution in [0.5, 0.6) is 0 Å². The van der Waals surface area contributed by atoms with Gasteiger partial charge in [0.2, 0.25) is 0 Å². The maximum absolute atomic E-state index is 5.51. The normalized spacial score (nSPS) is 12.1. The van der Waals surface area contributed by atoms with Crippen LogP contribution in [-0.2, 0) is 0 Å². The van der Waals surface area contributed by atoms with Crippen LogP contribution in [0, 0.1) is 0 Å². The van der Waals surface area contributed by atoms with Gasteiger partial charge < -0.3 is 11.1 Å². The van der Waals surface area contributed by atoms with Crippen LogP contribution in [0.1, 0.15) is 30.1 Å². The summed E-state index contributed by atoms with van der Waals surface area (Å²) in [4.78, 5) is 8.84. The summed E-state index contributed by atoms with van der Waals surface area (Å²) in [5, 5.41) is 6.46. The molecule has 6 heteroatoms. The number of thiazole rings is 1. The highest BCUT2D eigenvalue weighted by Crippen LogP contribution is 2.23. The van der Waals surface area contributed by atoms with Crippen molar-refractivity contribution >= 4 is 34.2 Å². The molecule has 2 aromatic heterocycles. The standard InChI is InChI=1S/C12H14N4S2/c1-2-9(12-14-5-6-18-12)16-8-3-4-10(11(13)17)15-7-8/h3-7,9,16H,2H2,1H3,(H2,13,17). The summed E-state index contributed by atoms with van der Waals surface area (Å²) < 4.78 is 0. The minimum Gasteiger partial charge on any atom is -0.388 e. The molecule has 0 saturated heterocycles. The number of thiocarbonyl (C=S) groups is 1. The second kappa shape index (κ2) is 5.88. The van der Waals surface area contributed by atoms with Crippen LogP contribution in [0.2, 0.25) is 0 Å². The van der Waals surface area contributed by atoms with Crippen molar-refractivity contribution in [2.24, 2.45) is 5.73 Å². The molecule has 2 rings (SSSR count). The average Bonchev–Trinajstić information content (AvgIpc) is 2.90. The predicted octanol–water partition coefficient (Wildman–Crippen LogP) is 2.74. The summed E-state index contributed by atoms with van der Waals surface area (Å²) in [5.41, 5.74) is 7.09. The Bertz CT molecular complexity index is 507.